The summed E-state index contributed by atoms with van der Waals surface area (Å²) in [5.74, 6) is 0. The van der Waals surface area contributed by atoms with Gasteiger partial charge in [0.1, 0.15) is 0 Å². The fourth-order valence-electron chi connectivity index (χ4n) is 2.69. The molecule has 0 bridgehead atoms. The fraction of sp³-hybridized carbons (Fsp3) is 0.400. The van der Waals surface area contributed by atoms with Gasteiger partial charge >= 0.3 is 0 Å². The topological polar surface area (TPSA) is 24.9 Å². The van der Waals surface area contributed by atoms with Gasteiger partial charge in [-0.1, -0.05) is 31.0 Å². The van der Waals surface area contributed by atoms with Crippen LogP contribution in [0.5, 0.6) is 0 Å². The summed E-state index contributed by atoms with van der Waals surface area (Å²) in [6.45, 7) is 0.966. The van der Waals surface area contributed by atoms with E-state index < -0.39 is 0 Å². The highest BCUT2D eigenvalue weighted by Gasteiger charge is 2.14. The molecule has 0 spiro atoms. The minimum Gasteiger partial charge on any atom is -0.310 e. The van der Waals surface area contributed by atoms with Crippen molar-refractivity contribution in [3.63, 3.8) is 0 Å². The lowest BCUT2D eigenvalue weighted by molar-refractivity contribution is 0.525. The van der Waals surface area contributed by atoms with Crippen molar-refractivity contribution in [2.75, 3.05) is 0 Å². The third kappa shape index (κ3) is 2.32. The molecule has 1 aliphatic carbocycles. The molecule has 0 saturated heterocycles. The molecule has 2 aromatic rings. The molecule has 0 atom stereocenters. The second kappa shape index (κ2) is 4.84. The normalized spacial score (nSPS) is 16.7. The molecule has 1 aromatic heterocycles. The maximum absolute atomic E-state index is 4.39. The van der Waals surface area contributed by atoms with E-state index in [4.69, 9.17) is 0 Å². The Balaban J connectivity index is 1.79. The first kappa shape index (κ1) is 10.7. The van der Waals surface area contributed by atoms with E-state index in [-0.39, 0.29) is 0 Å². The third-order valence-electron chi connectivity index (χ3n) is 3.68. The Hall–Kier alpha value is -1.41. The number of rotatable bonds is 3. The third-order valence-corrected chi connectivity index (χ3v) is 3.68. The van der Waals surface area contributed by atoms with Crippen molar-refractivity contribution in [1.29, 1.82) is 0 Å². The minimum absolute atomic E-state index is 0.724. The van der Waals surface area contributed by atoms with E-state index in [0.717, 1.165) is 18.1 Å². The van der Waals surface area contributed by atoms with Gasteiger partial charge in [0, 0.05) is 24.2 Å². The Morgan fingerprint density at radius 1 is 1.12 bits per heavy atom. The van der Waals surface area contributed by atoms with Crippen LogP contribution in [0.4, 0.5) is 0 Å². The largest absolute Gasteiger partial charge is 0.310 e. The van der Waals surface area contributed by atoms with Gasteiger partial charge in [-0.15, -0.1) is 0 Å². The van der Waals surface area contributed by atoms with Crippen molar-refractivity contribution < 1.29 is 0 Å². The lowest BCUT2D eigenvalue weighted by Gasteiger charge is -2.12. The standard InChI is InChI=1S/C15H18N2/c1-2-6-13(5-1)17-11-12-9-10-16-15-8-4-3-7-14(12)15/h3-4,7-10,13,17H,1-2,5-6,11H2. The highest BCUT2D eigenvalue weighted by Crippen LogP contribution is 2.20. The molecular weight excluding hydrogens is 208 g/mol. The predicted octanol–water partition coefficient (Wildman–Crippen LogP) is 3.27. The number of hydrogen-bond donors (Lipinski definition) is 1. The number of aromatic nitrogens is 1. The van der Waals surface area contributed by atoms with Crippen LogP contribution < -0.4 is 5.32 Å². The van der Waals surface area contributed by atoms with Crippen molar-refractivity contribution in [3.05, 3.63) is 42.1 Å². The summed E-state index contributed by atoms with van der Waals surface area (Å²) in [4.78, 5) is 4.39. The van der Waals surface area contributed by atoms with Gasteiger partial charge in [0.15, 0.2) is 0 Å². The van der Waals surface area contributed by atoms with Crippen LogP contribution in [0.2, 0.25) is 0 Å². The van der Waals surface area contributed by atoms with Crippen molar-refractivity contribution >= 4 is 10.9 Å². The number of nitrogens with one attached hydrogen (secondary N) is 1. The van der Waals surface area contributed by atoms with Crippen LogP contribution in [0, 0.1) is 0 Å². The van der Waals surface area contributed by atoms with E-state index in [9.17, 15) is 0 Å². The summed E-state index contributed by atoms with van der Waals surface area (Å²) in [6, 6.07) is 11.2. The fourth-order valence-corrected chi connectivity index (χ4v) is 2.69. The lowest BCUT2D eigenvalue weighted by Crippen LogP contribution is -2.25. The van der Waals surface area contributed by atoms with Crippen LogP contribution >= 0.6 is 0 Å². The summed E-state index contributed by atoms with van der Waals surface area (Å²) in [7, 11) is 0. The van der Waals surface area contributed by atoms with Gasteiger partial charge in [0.2, 0.25) is 0 Å². The second-order valence-corrected chi connectivity index (χ2v) is 4.85. The molecule has 3 rings (SSSR count). The quantitative estimate of drug-likeness (QED) is 0.869. The Kier molecular flexibility index (Phi) is 3.06. The number of pyridine rings is 1. The van der Waals surface area contributed by atoms with E-state index in [1.54, 1.807) is 0 Å². The van der Waals surface area contributed by atoms with Gasteiger partial charge in [-0.25, -0.2) is 0 Å². The average molecular weight is 226 g/mol. The Bertz CT molecular complexity index is 496. The van der Waals surface area contributed by atoms with Crippen LogP contribution in [0.1, 0.15) is 31.2 Å². The van der Waals surface area contributed by atoms with Crippen LogP contribution in [0.15, 0.2) is 36.5 Å². The number of fused-ring (bicyclic) bond motifs is 1. The van der Waals surface area contributed by atoms with E-state index in [1.807, 2.05) is 12.3 Å². The predicted molar refractivity (Wildman–Crippen MR) is 70.8 cm³/mol. The zero-order valence-corrected chi connectivity index (χ0v) is 10.0. The number of para-hydroxylation sites is 1. The van der Waals surface area contributed by atoms with Crippen LogP contribution in [0.25, 0.3) is 10.9 Å². The minimum atomic E-state index is 0.724. The van der Waals surface area contributed by atoms with Crippen LogP contribution in [-0.4, -0.2) is 11.0 Å². The maximum atomic E-state index is 4.39. The number of nitrogens with zero attached hydrogens (tertiary/aromatic N) is 1. The van der Waals surface area contributed by atoms with Crippen LogP contribution in [0.3, 0.4) is 0 Å². The highest BCUT2D eigenvalue weighted by atomic mass is 14.9. The van der Waals surface area contributed by atoms with Crippen molar-refractivity contribution in [2.45, 2.75) is 38.3 Å². The molecule has 0 aliphatic heterocycles. The van der Waals surface area contributed by atoms with Gasteiger partial charge in [-0.2, -0.15) is 0 Å². The summed E-state index contributed by atoms with van der Waals surface area (Å²) in [5.41, 5.74) is 2.46. The molecular formula is C15H18N2. The Morgan fingerprint density at radius 3 is 2.82 bits per heavy atom. The van der Waals surface area contributed by atoms with Crippen molar-refractivity contribution in [1.82, 2.24) is 10.3 Å². The molecule has 88 valence electrons. The van der Waals surface area contributed by atoms with Gasteiger partial charge in [0.05, 0.1) is 5.52 Å². The molecule has 2 heteroatoms. The molecule has 1 heterocycles. The summed E-state index contributed by atoms with van der Waals surface area (Å²) < 4.78 is 0. The average Bonchev–Trinajstić information content (AvgIpc) is 2.89. The maximum Gasteiger partial charge on any atom is 0.0705 e. The van der Waals surface area contributed by atoms with Gasteiger partial charge in [0.25, 0.3) is 0 Å². The highest BCUT2D eigenvalue weighted by molar-refractivity contribution is 5.81. The lowest BCUT2D eigenvalue weighted by atomic mass is 10.1. The SMILES string of the molecule is c1ccc2c(CNC3CCCC3)ccnc2c1. The zero-order valence-electron chi connectivity index (χ0n) is 10.0. The summed E-state index contributed by atoms with van der Waals surface area (Å²) >= 11 is 0. The molecule has 1 aliphatic rings. The van der Waals surface area contributed by atoms with Crippen molar-refractivity contribution in [2.24, 2.45) is 0 Å². The smallest absolute Gasteiger partial charge is 0.0705 e. The monoisotopic (exact) mass is 226 g/mol. The van der Waals surface area contributed by atoms with Crippen molar-refractivity contribution in [3.8, 4) is 0 Å². The molecule has 1 aromatic carbocycles. The first-order valence-electron chi connectivity index (χ1n) is 6.49. The molecule has 0 unspecified atom stereocenters. The summed E-state index contributed by atoms with van der Waals surface area (Å²) in [5, 5.41) is 4.94. The molecule has 17 heavy (non-hydrogen) atoms. The molecule has 2 nitrogen and oxygen atoms in total. The van der Waals surface area contributed by atoms with Gasteiger partial charge < -0.3 is 5.32 Å². The summed E-state index contributed by atoms with van der Waals surface area (Å²) in [6.07, 6.45) is 7.35. The number of hydrogen-bond acceptors (Lipinski definition) is 2. The number of benzene rings is 1. The molecule has 1 N–H and O–H groups in total. The Labute approximate surface area is 102 Å². The zero-order chi connectivity index (χ0) is 11.5. The molecule has 1 fully saturated rings. The second-order valence-electron chi connectivity index (χ2n) is 4.85. The van der Waals surface area contributed by atoms with Gasteiger partial charge in [-0.05, 0) is 30.5 Å². The van der Waals surface area contributed by atoms with E-state index in [1.165, 1.54) is 36.6 Å². The Morgan fingerprint density at radius 2 is 1.94 bits per heavy atom. The molecule has 0 radical (unpaired) electrons. The van der Waals surface area contributed by atoms with E-state index >= 15 is 0 Å². The molecule has 0 amide bonds. The molecule has 1 saturated carbocycles. The van der Waals surface area contributed by atoms with E-state index in [0.29, 0.717) is 0 Å². The first-order chi connectivity index (χ1) is 8.43. The van der Waals surface area contributed by atoms with Gasteiger partial charge in [-0.3, -0.25) is 4.98 Å². The van der Waals surface area contributed by atoms with E-state index in [2.05, 4.69) is 34.6 Å². The van der Waals surface area contributed by atoms with Crippen LogP contribution in [-0.2, 0) is 6.54 Å². The first-order valence-corrected chi connectivity index (χ1v) is 6.49.